The predicted octanol–water partition coefficient (Wildman–Crippen LogP) is 2.05. The summed E-state index contributed by atoms with van der Waals surface area (Å²) in [5.74, 6) is -0.636. The van der Waals surface area contributed by atoms with Gasteiger partial charge in [0.05, 0.1) is 13.2 Å². The number of benzene rings is 1. The quantitative estimate of drug-likeness (QED) is 0.791. The Balaban J connectivity index is 1.55. The second-order valence-corrected chi connectivity index (χ2v) is 6.54. The second kappa shape index (κ2) is 9.45. The van der Waals surface area contributed by atoms with E-state index in [2.05, 4.69) is 20.5 Å². The van der Waals surface area contributed by atoms with Crippen LogP contribution in [0.2, 0.25) is 5.02 Å². The minimum absolute atomic E-state index is 0.163. The first-order valence-corrected chi connectivity index (χ1v) is 9.11. The highest BCUT2D eigenvalue weighted by Crippen LogP contribution is 2.15. The highest BCUT2D eigenvalue weighted by Gasteiger charge is 2.14. The van der Waals surface area contributed by atoms with Crippen LogP contribution >= 0.6 is 11.6 Å². The Hall–Kier alpha value is -2.48. The average molecular weight is 389 g/mol. The number of anilines is 1. The van der Waals surface area contributed by atoms with Crippen molar-refractivity contribution >= 4 is 29.1 Å². The summed E-state index contributed by atoms with van der Waals surface area (Å²) >= 11 is 5.92. The summed E-state index contributed by atoms with van der Waals surface area (Å²) in [4.78, 5) is 31.0. The van der Waals surface area contributed by atoms with Crippen molar-refractivity contribution in [3.05, 3.63) is 58.9 Å². The Bertz CT molecular complexity index is 809. The molecule has 1 saturated heterocycles. The van der Waals surface area contributed by atoms with E-state index in [1.807, 2.05) is 0 Å². The first kappa shape index (κ1) is 19.3. The van der Waals surface area contributed by atoms with Crippen molar-refractivity contribution in [1.82, 2.24) is 15.2 Å². The van der Waals surface area contributed by atoms with E-state index in [1.165, 1.54) is 12.3 Å². The number of rotatable bonds is 6. The second-order valence-electron chi connectivity index (χ2n) is 6.10. The zero-order valence-corrected chi connectivity index (χ0v) is 15.5. The van der Waals surface area contributed by atoms with Gasteiger partial charge in [-0.1, -0.05) is 17.7 Å². The lowest BCUT2D eigenvalue weighted by atomic mass is 10.2. The fourth-order valence-electron chi connectivity index (χ4n) is 2.71. The van der Waals surface area contributed by atoms with Crippen molar-refractivity contribution in [3.63, 3.8) is 0 Å². The monoisotopic (exact) mass is 388 g/mol. The van der Waals surface area contributed by atoms with E-state index in [1.54, 1.807) is 30.3 Å². The minimum atomic E-state index is -0.403. The summed E-state index contributed by atoms with van der Waals surface area (Å²) < 4.78 is 5.30. The van der Waals surface area contributed by atoms with Gasteiger partial charge in [-0.3, -0.25) is 19.5 Å². The maximum Gasteiger partial charge on any atom is 0.274 e. The van der Waals surface area contributed by atoms with Crippen molar-refractivity contribution in [1.29, 1.82) is 0 Å². The van der Waals surface area contributed by atoms with E-state index < -0.39 is 5.91 Å². The van der Waals surface area contributed by atoms with Gasteiger partial charge in [0.2, 0.25) is 0 Å². The Morgan fingerprint density at radius 1 is 1.15 bits per heavy atom. The molecule has 2 N–H and O–H groups in total. The number of carbonyl (C=O) groups is 2. The van der Waals surface area contributed by atoms with Gasteiger partial charge in [-0.2, -0.15) is 0 Å². The molecule has 0 unspecified atom stereocenters. The average Bonchev–Trinajstić information content (AvgIpc) is 2.69. The number of amides is 2. The molecule has 1 aromatic heterocycles. The number of carbonyl (C=O) groups excluding carboxylic acids is 2. The zero-order chi connectivity index (χ0) is 19.1. The summed E-state index contributed by atoms with van der Waals surface area (Å²) in [6, 6.07) is 9.89. The molecule has 2 aromatic rings. The highest BCUT2D eigenvalue weighted by atomic mass is 35.5. The normalized spacial score (nSPS) is 14.6. The lowest BCUT2D eigenvalue weighted by Crippen LogP contribution is -2.41. The molecular formula is C19H21ClN4O3. The third-order valence-corrected chi connectivity index (χ3v) is 4.39. The molecule has 142 valence electrons. The van der Waals surface area contributed by atoms with Gasteiger partial charge in [-0.05, 0) is 30.3 Å². The van der Waals surface area contributed by atoms with Crippen molar-refractivity contribution in [2.45, 2.75) is 0 Å². The van der Waals surface area contributed by atoms with Gasteiger partial charge in [0, 0.05) is 48.6 Å². The standard InChI is InChI=1S/C19H21ClN4O3/c20-15-2-1-3-16(13-15)23-19(26)17-12-14(4-5-21-17)18(25)22-6-7-24-8-10-27-11-9-24/h1-5,12-13H,6-11H2,(H,22,25)(H,23,26). The molecule has 0 aliphatic carbocycles. The molecule has 0 radical (unpaired) electrons. The minimum Gasteiger partial charge on any atom is -0.379 e. The maximum atomic E-state index is 12.4. The number of hydrogen-bond donors (Lipinski definition) is 2. The van der Waals surface area contributed by atoms with E-state index >= 15 is 0 Å². The SMILES string of the molecule is O=C(NCCN1CCOCC1)c1ccnc(C(=O)Nc2cccc(Cl)c2)c1. The summed E-state index contributed by atoms with van der Waals surface area (Å²) in [6.45, 7) is 4.50. The van der Waals surface area contributed by atoms with Crippen LogP contribution in [0.5, 0.6) is 0 Å². The Labute approximate surface area is 162 Å². The number of pyridine rings is 1. The number of nitrogens with one attached hydrogen (secondary N) is 2. The fourth-order valence-corrected chi connectivity index (χ4v) is 2.90. The van der Waals surface area contributed by atoms with Gasteiger partial charge in [0.15, 0.2) is 0 Å². The van der Waals surface area contributed by atoms with E-state index in [4.69, 9.17) is 16.3 Å². The highest BCUT2D eigenvalue weighted by molar-refractivity contribution is 6.30. The van der Waals surface area contributed by atoms with E-state index in [-0.39, 0.29) is 11.6 Å². The summed E-state index contributed by atoms with van der Waals surface area (Å²) in [7, 11) is 0. The molecule has 1 fully saturated rings. The lowest BCUT2D eigenvalue weighted by molar-refractivity contribution is 0.0383. The molecule has 1 aromatic carbocycles. The van der Waals surface area contributed by atoms with E-state index in [9.17, 15) is 9.59 Å². The van der Waals surface area contributed by atoms with Gasteiger partial charge < -0.3 is 15.4 Å². The predicted molar refractivity (Wildman–Crippen MR) is 103 cm³/mol. The maximum absolute atomic E-state index is 12.4. The van der Waals surface area contributed by atoms with Crippen molar-refractivity contribution < 1.29 is 14.3 Å². The molecule has 0 spiro atoms. The van der Waals surface area contributed by atoms with Crippen LogP contribution in [-0.2, 0) is 4.74 Å². The van der Waals surface area contributed by atoms with Crippen LogP contribution in [0.1, 0.15) is 20.8 Å². The van der Waals surface area contributed by atoms with Gasteiger partial charge in [0.1, 0.15) is 5.69 Å². The van der Waals surface area contributed by atoms with Gasteiger partial charge in [-0.15, -0.1) is 0 Å². The van der Waals surface area contributed by atoms with Crippen LogP contribution in [0, 0.1) is 0 Å². The molecule has 3 rings (SSSR count). The number of nitrogens with zero attached hydrogens (tertiary/aromatic N) is 2. The molecular weight excluding hydrogens is 368 g/mol. The number of hydrogen-bond acceptors (Lipinski definition) is 5. The Morgan fingerprint density at radius 3 is 2.74 bits per heavy atom. The number of halogens is 1. The Morgan fingerprint density at radius 2 is 1.96 bits per heavy atom. The lowest BCUT2D eigenvalue weighted by Gasteiger charge is -2.26. The number of aromatic nitrogens is 1. The van der Waals surface area contributed by atoms with Gasteiger partial charge in [0.25, 0.3) is 11.8 Å². The van der Waals surface area contributed by atoms with Crippen LogP contribution in [0.15, 0.2) is 42.6 Å². The Kier molecular flexibility index (Phi) is 6.75. The first-order valence-electron chi connectivity index (χ1n) is 8.73. The molecule has 2 amide bonds. The topological polar surface area (TPSA) is 83.6 Å². The molecule has 0 saturated carbocycles. The van der Waals surface area contributed by atoms with Crippen molar-refractivity contribution in [3.8, 4) is 0 Å². The summed E-state index contributed by atoms with van der Waals surface area (Å²) in [5, 5.41) is 6.11. The molecule has 0 bridgehead atoms. The number of morpholine rings is 1. The van der Waals surface area contributed by atoms with Crippen LogP contribution < -0.4 is 10.6 Å². The van der Waals surface area contributed by atoms with Crippen molar-refractivity contribution in [2.75, 3.05) is 44.7 Å². The summed E-state index contributed by atoms with van der Waals surface area (Å²) in [6.07, 6.45) is 1.45. The largest absolute Gasteiger partial charge is 0.379 e. The molecule has 1 aliphatic heterocycles. The molecule has 1 aliphatic rings. The molecule has 27 heavy (non-hydrogen) atoms. The van der Waals surface area contributed by atoms with Crippen LogP contribution in [0.3, 0.4) is 0 Å². The third-order valence-electron chi connectivity index (χ3n) is 4.15. The van der Waals surface area contributed by atoms with Crippen LogP contribution in [0.4, 0.5) is 5.69 Å². The molecule has 7 nitrogen and oxygen atoms in total. The van der Waals surface area contributed by atoms with E-state index in [0.29, 0.717) is 22.8 Å². The third kappa shape index (κ3) is 5.75. The number of ether oxygens (including phenoxy) is 1. The van der Waals surface area contributed by atoms with Gasteiger partial charge >= 0.3 is 0 Å². The molecule has 2 heterocycles. The van der Waals surface area contributed by atoms with Gasteiger partial charge in [-0.25, -0.2) is 0 Å². The van der Waals surface area contributed by atoms with Crippen LogP contribution in [0.25, 0.3) is 0 Å². The van der Waals surface area contributed by atoms with E-state index in [0.717, 1.165) is 32.8 Å². The molecule has 0 atom stereocenters. The zero-order valence-electron chi connectivity index (χ0n) is 14.8. The van der Waals surface area contributed by atoms with Crippen molar-refractivity contribution in [2.24, 2.45) is 0 Å². The molecule has 8 heteroatoms. The van der Waals surface area contributed by atoms with Crippen LogP contribution in [-0.4, -0.2) is 61.1 Å². The fraction of sp³-hybridized carbons (Fsp3) is 0.316. The first-order chi connectivity index (χ1) is 13.1. The summed E-state index contributed by atoms with van der Waals surface area (Å²) in [5.41, 5.74) is 1.12. The smallest absolute Gasteiger partial charge is 0.274 e.